The van der Waals surface area contributed by atoms with Crippen molar-refractivity contribution in [1.29, 1.82) is 0 Å². The zero-order valence-electron chi connectivity index (χ0n) is 17.1. The molecule has 154 valence electrons. The van der Waals surface area contributed by atoms with E-state index in [1.54, 1.807) is 38.5 Å². The second-order valence-corrected chi connectivity index (χ2v) is 7.34. The molecule has 0 fully saturated rings. The van der Waals surface area contributed by atoms with Crippen molar-refractivity contribution in [1.82, 2.24) is 0 Å². The first-order valence-electron chi connectivity index (χ1n) is 9.93. The third-order valence-electron chi connectivity index (χ3n) is 5.59. The van der Waals surface area contributed by atoms with E-state index in [0.29, 0.717) is 42.1 Å². The molecule has 0 N–H and O–H groups in total. The van der Waals surface area contributed by atoms with Gasteiger partial charge in [0.2, 0.25) is 0 Å². The number of hydrogen-bond donors (Lipinski definition) is 0. The van der Waals surface area contributed by atoms with Gasteiger partial charge in [-0.15, -0.1) is 0 Å². The number of benzene rings is 3. The Labute approximate surface area is 175 Å². The summed E-state index contributed by atoms with van der Waals surface area (Å²) in [5.74, 6) is 0.809. The van der Waals surface area contributed by atoms with Gasteiger partial charge in [-0.3, -0.25) is 0 Å². The highest BCUT2D eigenvalue weighted by Gasteiger charge is 2.29. The molecule has 0 bridgehead atoms. The van der Waals surface area contributed by atoms with Crippen molar-refractivity contribution in [3.05, 3.63) is 94.6 Å². The van der Waals surface area contributed by atoms with Crippen LogP contribution in [-0.4, -0.2) is 31.1 Å². The zero-order chi connectivity index (χ0) is 21.1. The van der Waals surface area contributed by atoms with Crippen LogP contribution in [0.15, 0.2) is 60.7 Å². The Morgan fingerprint density at radius 1 is 0.833 bits per heavy atom. The average molecular weight is 408 g/mol. The SMILES string of the molecule is COc1cc2c(cc1OC)C(Cc1ccccc1F)=[N+](Cc1ccccc1F)CC2. The van der Waals surface area contributed by atoms with Gasteiger partial charge < -0.3 is 9.47 Å². The minimum atomic E-state index is -0.247. The minimum Gasteiger partial charge on any atom is -0.493 e. The van der Waals surface area contributed by atoms with E-state index in [2.05, 4.69) is 4.58 Å². The first-order chi connectivity index (χ1) is 14.6. The van der Waals surface area contributed by atoms with Crippen molar-refractivity contribution < 1.29 is 22.8 Å². The molecular weight excluding hydrogens is 384 g/mol. The van der Waals surface area contributed by atoms with E-state index in [1.165, 1.54) is 12.1 Å². The fourth-order valence-corrected chi connectivity index (χ4v) is 3.99. The predicted octanol–water partition coefficient (Wildman–Crippen LogP) is 4.78. The number of rotatable bonds is 6. The lowest BCUT2D eigenvalue weighted by atomic mass is 9.91. The number of nitrogens with zero attached hydrogens (tertiary/aromatic N) is 1. The molecular formula is C25H24F2NO2+. The molecule has 0 aliphatic carbocycles. The highest BCUT2D eigenvalue weighted by atomic mass is 19.1. The van der Waals surface area contributed by atoms with Gasteiger partial charge in [0.1, 0.15) is 18.2 Å². The van der Waals surface area contributed by atoms with Crippen molar-refractivity contribution in [2.24, 2.45) is 0 Å². The second kappa shape index (κ2) is 8.66. The van der Waals surface area contributed by atoms with Crippen LogP contribution in [0.25, 0.3) is 0 Å². The molecule has 3 aromatic rings. The molecule has 1 heterocycles. The molecule has 0 saturated carbocycles. The van der Waals surface area contributed by atoms with Crippen molar-refractivity contribution >= 4 is 5.71 Å². The van der Waals surface area contributed by atoms with E-state index < -0.39 is 0 Å². The standard InChI is InChI=1S/C25H24F2NO2/c1-29-24-14-17-11-12-28(16-19-8-4-6-10-22(19)27)23(20(17)15-25(24)30-2)13-18-7-3-5-9-21(18)26/h3-10,14-15H,11-13,16H2,1-2H3/q+1. The summed E-state index contributed by atoms with van der Waals surface area (Å²) in [6, 6.07) is 17.5. The van der Waals surface area contributed by atoms with E-state index >= 15 is 0 Å². The smallest absolute Gasteiger partial charge is 0.188 e. The van der Waals surface area contributed by atoms with Gasteiger partial charge in [-0.05, 0) is 41.5 Å². The molecule has 0 saturated heterocycles. The molecule has 0 radical (unpaired) electrons. The van der Waals surface area contributed by atoms with Gasteiger partial charge >= 0.3 is 0 Å². The Bertz CT molecular complexity index is 1110. The third-order valence-corrected chi connectivity index (χ3v) is 5.59. The van der Waals surface area contributed by atoms with Gasteiger partial charge in [0.15, 0.2) is 23.8 Å². The largest absolute Gasteiger partial charge is 0.493 e. The lowest BCUT2D eigenvalue weighted by molar-refractivity contribution is -0.545. The summed E-state index contributed by atoms with van der Waals surface area (Å²) in [5.41, 5.74) is 4.27. The van der Waals surface area contributed by atoms with Crippen LogP contribution in [0.2, 0.25) is 0 Å². The van der Waals surface area contributed by atoms with Gasteiger partial charge in [0.05, 0.1) is 26.2 Å². The van der Waals surface area contributed by atoms with E-state index in [4.69, 9.17) is 9.47 Å². The van der Waals surface area contributed by atoms with Crippen LogP contribution in [-0.2, 0) is 19.4 Å². The molecule has 30 heavy (non-hydrogen) atoms. The van der Waals surface area contributed by atoms with E-state index in [1.807, 2.05) is 24.3 Å². The van der Waals surface area contributed by atoms with Crippen molar-refractivity contribution in [3.63, 3.8) is 0 Å². The van der Waals surface area contributed by atoms with E-state index in [-0.39, 0.29) is 11.6 Å². The zero-order valence-corrected chi connectivity index (χ0v) is 17.1. The Hall–Kier alpha value is -3.21. The van der Waals surface area contributed by atoms with E-state index in [0.717, 1.165) is 23.3 Å². The highest BCUT2D eigenvalue weighted by molar-refractivity contribution is 6.00. The van der Waals surface area contributed by atoms with Gasteiger partial charge in [0.25, 0.3) is 0 Å². The Morgan fingerprint density at radius 3 is 2.07 bits per heavy atom. The van der Waals surface area contributed by atoms with Crippen LogP contribution in [0, 0.1) is 11.6 Å². The summed E-state index contributed by atoms with van der Waals surface area (Å²) in [4.78, 5) is 0. The summed E-state index contributed by atoms with van der Waals surface area (Å²) >= 11 is 0. The van der Waals surface area contributed by atoms with Crippen LogP contribution >= 0.6 is 0 Å². The third kappa shape index (κ3) is 3.92. The Morgan fingerprint density at radius 2 is 1.43 bits per heavy atom. The summed E-state index contributed by atoms with van der Waals surface area (Å²) in [5, 5.41) is 0. The minimum absolute atomic E-state index is 0.235. The monoisotopic (exact) mass is 408 g/mol. The maximum absolute atomic E-state index is 14.5. The molecule has 0 unspecified atom stereocenters. The normalized spacial score (nSPS) is 13.2. The highest BCUT2D eigenvalue weighted by Crippen LogP contribution is 2.33. The lowest BCUT2D eigenvalue weighted by Crippen LogP contribution is -2.32. The Kier molecular flexibility index (Phi) is 5.79. The number of fused-ring (bicyclic) bond motifs is 1. The Balaban J connectivity index is 1.85. The van der Waals surface area contributed by atoms with E-state index in [9.17, 15) is 8.78 Å². The van der Waals surface area contributed by atoms with Gasteiger partial charge in [0, 0.05) is 12.0 Å². The molecule has 0 spiro atoms. The summed E-state index contributed by atoms with van der Waals surface area (Å²) in [6.45, 7) is 1.13. The van der Waals surface area contributed by atoms with Crippen LogP contribution in [0.3, 0.4) is 0 Å². The molecule has 4 rings (SSSR count). The second-order valence-electron chi connectivity index (χ2n) is 7.34. The van der Waals surface area contributed by atoms with Crippen LogP contribution in [0.4, 0.5) is 8.78 Å². The number of halogens is 2. The average Bonchev–Trinajstić information content (AvgIpc) is 2.77. The molecule has 1 aliphatic heterocycles. The van der Waals surface area contributed by atoms with Crippen molar-refractivity contribution in [2.75, 3.05) is 20.8 Å². The van der Waals surface area contributed by atoms with Crippen molar-refractivity contribution in [2.45, 2.75) is 19.4 Å². The van der Waals surface area contributed by atoms with Gasteiger partial charge in [-0.2, -0.15) is 0 Å². The van der Waals surface area contributed by atoms with Crippen LogP contribution in [0.1, 0.15) is 22.3 Å². The van der Waals surface area contributed by atoms with Crippen LogP contribution < -0.4 is 9.47 Å². The quantitative estimate of drug-likeness (QED) is 0.548. The van der Waals surface area contributed by atoms with Crippen LogP contribution in [0.5, 0.6) is 11.5 Å². The lowest BCUT2D eigenvalue weighted by Gasteiger charge is -2.21. The summed E-state index contributed by atoms with van der Waals surface area (Å²) < 4.78 is 41.9. The molecule has 0 aromatic heterocycles. The van der Waals surface area contributed by atoms with Gasteiger partial charge in [-0.1, -0.05) is 30.3 Å². The maximum Gasteiger partial charge on any atom is 0.188 e. The van der Waals surface area contributed by atoms with Gasteiger partial charge in [-0.25, -0.2) is 13.4 Å². The maximum atomic E-state index is 14.5. The number of ether oxygens (including phenoxy) is 2. The summed E-state index contributed by atoms with van der Waals surface area (Å²) in [7, 11) is 3.21. The molecule has 0 amide bonds. The fourth-order valence-electron chi connectivity index (χ4n) is 3.99. The summed E-state index contributed by atoms with van der Waals surface area (Å²) in [6.07, 6.45) is 1.19. The van der Waals surface area contributed by atoms with Crippen molar-refractivity contribution in [3.8, 4) is 11.5 Å². The first kappa shape index (κ1) is 20.1. The number of methoxy groups -OCH3 is 2. The first-order valence-corrected chi connectivity index (χ1v) is 9.93. The molecule has 0 atom stereocenters. The predicted molar refractivity (Wildman–Crippen MR) is 113 cm³/mol. The molecule has 3 nitrogen and oxygen atoms in total. The molecule has 1 aliphatic rings. The molecule has 3 aromatic carbocycles. The topological polar surface area (TPSA) is 21.5 Å². The molecule has 5 heteroatoms. The number of hydrogen-bond acceptors (Lipinski definition) is 2. The fraction of sp³-hybridized carbons (Fsp3) is 0.240.